The van der Waals surface area contributed by atoms with Crippen LogP contribution in [-0.4, -0.2) is 25.1 Å². The molecule has 0 aromatic heterocycles. The molecule has 1 amide bonds. The molecule has 0 saturated carbocycles. The average Bonchev–Trinajstić information content (AvgIpc) is 2.47. The summed E-state index contributed by atoms with van der Waals surface area (Å²) in [5, 5.41) is 3.57. The Morgan fingerprint density at radius 3 is 2.57 bits per heavy atom. The summed E-state index contributed by atoms with van der Waals surface area (Å²) >= 11 is 5.81. The van der Waals surface area contributed by atoms with Gasteiger partial charge in [0.15, 0.2) is 0 Å². The molecule has 0 spiro atoms. The Balaban J connectivity index is 2.13. The van der Waals surface area contributed by atoms with Gasteiger partial charge < -0.3 is 15.8 Å². The number of nitrogens with one attached hydrogen (secondary N) is 1. The second-order valence-electron chi connectivity index (χ2n) is 5.14. The van der Waals surface area contributed by atoms with E-state index in [0.717, 1.165) is 38.0 Å². The third kappa shape index (κ3) is 8.58. The summed E-state index contributed by atoms with van der Waals surface area (Å²) in [5.74, 6) is 0.831. The van der Waals surface area contributed by atoms with E-state index in [0.29, 0.717) is 18.0 Å². The van der Waals surface area contributed by atoms with Crippen molar-refractivity contribution in [2.75, 3.05) is 13.1 Å². The monoisotopic (exact) mass is 312 g/mol. The second kappa shape index (κ2) is 10.5. The molecule has 0 aliphatic heterocycles. The lowest BCUT2D eigenvalue weighted by atomic mass is 10.1. The molecule has 1 unspecified atom stereocenters. The number of hydrogen-bond acceptors (Lipinski definition) is 3. The fraction of sp³-hybridized carbons (Fsp3) is 0.562. The van der Waals surface area contributed by atoms with Crippen molar-refractivity contribution in [3.05, 3.63) is 29.3 Å². The Hall–Kier alpha value is -1.26. The summed E-state index contributed by atoms with van der Waals surface area (Å²) in [5.41, 5.74) is 5.42. The average molecular weight is 313 g/mol. The minimum absolute atomic E-state index is 0.0765. The number of amides is 1. The molecule has 5 heteroatoms. The van der Waals surface area contributed by atoms with Crippen molar-refractivity contribution in [1.29, 1.82) is 0 Å². The number of hydrogen-bond donors (Lipinski definition) is 2. The molecule has 0 aliphatic rings. The van der Waals surface area contributed by atoms with E-state index in [4.69, 9.17) is 22.1 Å². The maximum absolute atomic E-state index is 11.7. The molecule has 0 saturated heterocycles. The van der Waals surface area contributed by atoms with Crippen LogP contribution in [0.1, 0.15) is 39.0 Å². The van der Waals surface area contributed by atoms with E-state index in [1.165, 1.54) is 0 Å². The van der Waals surface area contributed by atoms with Crippen LogP contribution in [0.25, 0.3) is 0 Å². The van der Waals surface area contributed by atoms with Gasteiger partial charge in [0.05, 0.1) is 6.54 Å². The molecule has 118 valence electrons. The number of unbranched alkanes of at least 4 members (excludes halogenated alkanes) is 3. The van der Waals surface area contributed by atoms with Crippen LogP contribution < -0.4 is 15.8 Å². The molecule has 1 aromatic carbocycles. The quantitative estimate of drug-likeness (QED) is 0.652. The number of benzene rings is 1. The topological polar surface area (TPSA) is 64.4 Å². The van der Waals surface area contributed by atoms with Gasteiger partial charge >= 0.3 is 0 Å². The molecule has 3 N–H and O–H groups in total. The summed E-state index contributed by atoms with van der Waals surface area (Å²) in [6.07, 6.45) is 4.60. The van der Waals surface area contributed by atoms with Gasteiger partial charge in [-0.2, -0.15) is 0 Å². The highest BCUT2D eigenvalue weighted by Crippen LogP contribution is 2.16. The van der Waals surface area contributed by atoms with E-state index in [1.54, 1.807) is 12.1 Å². The lowest BCUT2D eigenvalue weighted by Crippen LogP contribution is -2.33. The Morgan fingerprint density at radius 1 is 1.24 bits per heavy atom. The molecule has 0 heterocycles. The van der Waals surface area contributed by atoms with Gasteiger partial charge in [-0.1, -0.05) is 24.4 Å². The van der Waals surface area contributed by atoms with Gasteiger partial charge in [-0.3, -0.25) is 4.79 Å². The maximum Gasteiger partial charge on any atom is 0.220 e. The predicted molar refractivity (Wildman–Crippen MR) is 86.7 cm³/mol. The zero-order valence-corrected chi connectivity index (χ0v) is 13.4. The fourth-order valence-electron chi connectivity index (χ4n) is 1.92. The molecule has 1 atom stereocenters. The van der Waals surface area contributed by atoms with E-state index in [-0.39, 0.29) is 12.0 Å². The highest BCUT2D eigenvalue weighted by molar-refractivity contribution is 6.30. The summed E-state index contributed by atoms with van der Waals surface area (Å²) in [6.45, 7) is 3.16. The Morgan fingerprint density at radius 2 is 1.90 bits per heavy atom. The number of nitrogens with two attached hydrogens (primary N) is 1. The smallest absolute Gasteiger partial charge is 0.220 e. The van der Waals surface area contributed by atoms with Crippen molar-refractivity contribution in [3.8, 4) is 5.75 Å². The van der Waals surface area contributed by atoms with Crippen LogP contribution in [0, 0.1) is 0 Å². The van der Waals surface area contributed by atoms with Gasteiger partial charge in [0, 0.05) is 11.4 Å². The van der Waals surface area contributed by atoms with Crippen molar-refractivity contribution in [2.45, 2.75) is 45.1 Å². The van der Waals surface area contributed by atoms with E-state index in [2.05, 4.69) is 5.32 Å². The van der Waals surface area contributed by atoms with Gasteiger partial charge in [0.1, 0.15) is 11.9 Å². The Labute approximate surface area is 132 Å². The molecular formula is C16H25ClN2O2. The number of carbonyl (C=O) groups is 1. The minimum atomic E-state index is -0.0765. The number of ether oxygens (including phenoxy) is 1. The van der Waals surface area contributed by atoms with Crippen LogP contribution in [0.5, 0.6) is 5.75 Å². The van der Waals surface area contributed by atoms with Gasteiger partial charge in [-0.05, 0) is 50.6 Å². The van der Waals surface area contributed by atoms with Crippen molar-refractivity contribution < 1.29 is 9.53 Å². The molecule has 1 aromatic rings. The summed E-state index contributed by atoms with van der Waals surface area (Å²) < 4.78 is 5.69. The van der Waals surface area contributed by atoms with Crippen LogP contribution in [0.15, 0.2) is 24.3 Å². The van der Waals surface area contributed by atoms with Crippen molar-refractivity contribution in [1.82, 2.24) is 5.32 Å². The molecule has 0 aliphatic carbocycles. The second-order valence-corrected chi connectivity index (χ2v) is 5.58. The van der Waals surface area contributed by atoms with Gasteiger partial charge in [-0.25, -0.2) is 0 Å². The first kappa shape index (κ1) is 17.8. The Kier molecular flexibility index (Phi) is 8.87. The third-order valence-electron chi connectivity index (χ3n) is 3.10. The largest absolute Gasteiger partial charge is 0.489 e. The van der Waals surface area contributed by atoms with Crippen LogP contribution in [0.2, 0.25) is 5.02 Å². The third-order valence-corrected chi connectivity index (χ3v) is 3.35. The van der Waals surface area contributed by atoms with E-state index < -0.39 is 0 Å². The van der Waals surface area contributed by atoms with Gasteiger partial charge in [0.25, 0.3) is 0 Å². The molecule has 0 bridgehead atoms. The maximum atomic E-state index is 11.7. The molecule has 4 nitrogen and oxygen atoms in total. The first-order valence-corrected chi connectivity index (χ1v) is 7.88. The van der Waals surface area contributed by atoms with Crippen LogP contribution in [0.3, 0.4) is 0 Å². The highest BCUT2D eigenvalue weighted by Gasteiger charge is 2.07. The lowest BCUT2D eigenvalue weighted by molar-refractivity contribution is -0.121. The molecule has 1 rings (SSSR count). The lowest BCUT2D eigenvalue weighted by Gasteiger charge is -2.15. The van der Waals surface area contributed by atoms with E-state index in [1.807, 2.05) is 19.1 Å². The summed E-state index contributed by atoms with van der Waals surface area (Å²) in [6, 6.07) is 7.20. The Bertz CT molecular complexity index is 409. The standard InChI is InChI=1S/C16H25ClN2O2/c1-13(21-15-9-7-14(17)8-10-15)12-19-16(20)6-4-2-3-5-11-18/h7-10,13H,2-6,11-12,18H2,1H3,(H,19,20). The number of carbonyl (C=O) groups excluding carboxylic acids is 1. The van der Waals surface area contributed by atoms with Crippen molar-refractivity contribution >= 4 is 17.5 Å². The zero-order chi connectivity index (χ0) is 15.5. The van der Waals surface area contributed by atoms with E-state index in [9.17, 15) is 4.79 Å². The first-order chi connectivity index (χ1) is 10.1. The summed E-state index contributed by atoms with van der Waals surface area (Å²) in [4.78, 5) is 11.7. The van der Waals surface area contributed by atoms with Crippen molar-refractivity contribution in [3.63, 3.8) is 0 Å². The zero-order valence-electron chi connectivity index (χ0n) is 12.6. The van der Waals surface area contributed by atoms with Gasteiger partial charge in [-0.15, -0.1) is 0 Å². The van der Waals surface area contributed by atoms with Crippen LogP contribution >= 0.6 is 11.6 Å². The minimum Gasteiger partial charge on any atom is -0.489 e. The van der Waals surface area contributed by atoms with Crippen molar-refractivity contribution in [2.24, 2.45) is 5.73 Å². The van der Waals surface area contributed by atoms with Gasteiger partial charge in [0.2, 0.25) is 5.91 Å². The SMILES string of the molecule is CC(CNC(=O)CCCCCCN)Oc1ccc(Cl)cc1. The first-order valence-electron chi connectivity index (χ1n) is 7.51. The fourth-order valence-corrected chi connectivity index (χ4v) is 2.04. The van der Waals surface area contributed by atoms with Crippen LogP contribution in [0.4, 0.5) is 0 Å². The number of halogens is 1. The van der Waals surface area contributed by atoms with E-state index >= 15 is 0 Å². The number of rotatable bonds is 10. The normalized spacial score (nSPS) is 12.0. The molecule has 0 fully saturated rings. The molecule has 21 heavy (non-hydrogen) atoms. The van der Waals surface area contributed by atoms with Crippen LogP contribution in [-0.2, 0) is 4.79 Å². The molecule has 0 radical (unpaired) electrons. The molecular weight excluding hydrogens is 288 g/mol. The summed E-state index contributed by atoms with van der Waals surface area (Å²) in [7, 11) is 0. The predicted octanol–water partition coefficient (Wildman–Crippen LogP) is 3.13. The highest BCUT2D eigenvalue weighted by atomic mass is 35.5.